The second kappa shape index (κ2) is 5.78. The Bertz CT molecular complexity index is 279. The second-order valence-electron chi connectivity index (χ2n) is 3.06. The number of carbonyl (C=O) groups is 1. The smallest absolute Gasteiger partial charge is 0.358 e. The largest absolute Gasteiger partial charge is 0.461 e. The highest BCUT2D eigenvalue weighted by Gasteiger charge is 2.40. The molecule has 0 aliphatic carbocycles. The van der Waals surface area contributed by atoms with Crippen LogP contribution in [0.25, 0.3) is 0 Å². The van der Waals surface area contributed by atoms with Crippen molar-refractivity contribution >= 4 is 11.7 Å². The van der Waals surface area contributed by atoms with Crippen molar-refractivity contribution in [2.24, 2.45) is 5.16 Å². The summed E-state index contributed by atoms with van der Waals surface area (Å²) < 4.78 is 9.60. The molecule has 0 bridgehead atoms. The summed E-state index contributed by atoms with van der Waals surface area (Å²) in [5.41, 5.74) is -0.356. The molecule has 0 aromatic rings. The van der Waals surface area contributed by atoms with Gasteiger partial charge in [-0.1, -0.05) is 5.16 Å². The lowest BCUT2D eigenvalue weighted by atomic mass is 10.1. The second-order valence-corrected chi connectivity index (χ2v) is 3.06. The van der Waals surface area contributed by atoms with E-state index in [9.17, 15) is 15.0 Å². The van der Waals surface area contributed by atoms with Crippen molar-refractivity contribution in [3.8, 4) is 0 Å². The molecule has 16 heavy (non-hydrogen) atoms. The zero-order chi connectivity index (χ0) is 12.1. The third kappa shape index (κ3) is 2.69. The minimum Gasteiger partial charge on any atom is -0.461 e. The van der Waals surface area contributed by atoms with Crippen LogP contribution in [-0.4, -0.2) is 53.6 Å². The van der Waals surface area contributed by atoms with Gasteiger partial charge in [0, 0.05) is 6.61 Å². The molecule has 3 atom stereocenters. The molecule has 7 nitrogen and oxygen atoms in total. The molecule has 0 radical (unpaired) electrons. The Hall–Kier alpha value is -1.18. The molecule has 1 aliphatic heterocycles. The summed E-state index contributed by atoms with van der Waals surface area (Å²) in [5, 5.41) is 22.5. The topological polar surface area (TPSA) is 97.6 Å². The van der Waals surface area contributed by atoms with Gasteiger partial charge in [-0.05, 0) is 13.8 Å². The van der Waals surface area contributed by atoms with Gasteiger partial charge in [-0.15, -0.1) is 0 Å². The summed E-state index contributed by atoms with van der Waals surface area (Å²) in [7, 11) is 0. The first-order valence-electron chi connectivity index (χ1n) is 5.00. The van der Waals surface area contributed by atoms with Crippen LogP contribution >= 0.6 is 0 Å². The molecular formula is C9H15NO6. The molecule has 7 heteroatoms. The first-order chi connectivity index (χ1) is 7.61. The van der Waals surface area contributed by atoms with Crippen molar-refractivity contribution in [2.75, 3.05) is 13.2 Å². The molecule has 0 aromatic carbocycles. The van der Waals surface area contributed by atoms with Gasteiger partial charge in [0.15, 0.2) is 11.8 Å². The Morgan fingerprint density at radius 3 is 2.69 bits per heavy atom. The molecule has 0 spiro atoms. The van der Waals surface area contributed by atoms with Crippen molar-refractivity contribution in [3.05, 3.63) is 0 Å². The Labute approximate surface area is 92.6 Å². The summed E-state index contributed by atoms with van der Waals surface area (Å²) in [6.45, 7) is 3.76. The summed E-state index contributed by atoms with van der Waals surface area (Å²) in [5.74, 6) is -0.816. The average molecular weight is 233 g/mol. The Morgan fingerprint density at radius 2 is 2.12 bits per heavy atom. The van der Waals surface area contributed by atoms with Gasteiger partial charge in [0.05, 0.1) is 6.61 Å². The quantitative estimate of drug-likeness (QED) is 0.606. The van der Waals surface area contributed by atoms with Crippen LogP contribution in [0.2, 0.25) is 0 Å². The van der Waals surface area contributed by atoms with E-state index in [0.29, 0.717) is 6.61 Å². The maximum absolute atomic E-state index is 11.3. The predicted octanol–water partition coefficient (Wildman–Crippen LogP) is -0.980. The number of carbonyl (C=O) groups excluding carboxylic acids is 1. The van der Waals surface area contributed by atoms with E-state index in [-0.39, 0.29) is 12.3 Å². The van der Waals surface area contributed by atoms with Crippen molar-refractivity contribution in [2.45, 2.75) is 32.3 Å². The molecule has 0 aromatic heterocycles. The molecule has 0 unspecified atom stereocenters. The van der Waals surface area contributed by atoms with E-state index in [1.54, 1.807) is 13.8 Å². The van der Waals surface area contributed by atoms with Gasteiger partial charge >= 0.3 is 5.97 Å². The fourth-order valence-corrected chi connectivity index (χ4v) is 1.19. The van der Waals surface area contributed by atoms with Gasteiger partial charge in [-0.25, -0.2) is 4.79 Å². The summed E-state index contributed by atoms with van der Waals surface area (Å²) in [6.07, 6.45) is -3.90. The minimum atomic E-state index is -1.47. The molecule has 0 saturated carbocycles. The van der Waals surface area contributed by atoms with Crippen LogP contribution in [0, 0.1) is 0 Å². The normalized spacial score (nSPS) is 29.2. The minimum absolute atomic E-state index is 0.148. The van der Waals surface area contributed by atoms with Gasteiger partial charge < -0.3 is 24.5 Å². The number of rotatable bonds is 4. The van der Waals surface area contributed by atoms with Gasteiger partial charge in [0.2, 0.25) is 0 Å². The van der Waals surface area contributed by atoms with Crippen molar-refractivity contribution in [1.29, 1.82) is 0 Å². The molecular weight excluding hydrogens is 218 g/mol. The number of nitrogens with zero attached hydrogens (tertiary/aromatic N) is 1. The number of hydrogen-bond acceptors (Lipinski definition) is 7. The van der Waals surface area contributed by atoms with Crippen LogP contribution in [0.1, 0.15) is 13.8 Å². The van der Waals surface area contributed by atoms with Crippen LogP contribution in [0.3, 0.4) is 0 Å². The summed E-state index contributed by atoms with van der Waals surface area (Å²) in [4.78, 5) is 16.0. The molecule has 2 N–H and O–H groups in total. The molecule has 1 aliphatic rings. The first-order valence-corrected chi connectivity index (χ1v) is 5.00. The number of oxime groups is 1. The summed E-state index contributed by atoms with van der Waals surface area (Å²) in [6, 6.07) is 0. The zero-order valence-corrected chi connectivity index (χ0v) is 9.12. The summed E-state index contributed by atoms with van der Waals surface area (Å²) >= 11 is 0. The van der Waals surface area contributed by atoms with E-state index in [1.165, 1.54) is 0 Å². The van der Waals surface area contributed by atoms with E-state index < -0.39 is 24.5 Å². The highest BCUT2D eigenvalue weighted by molar-refractivity contribution is 6.38. The van der Waals surface area contributed by atoms with E-state index in [1.807, 2.05) is 0 Å². The Kier molecular flexibility index (Phi) is 4.66. The number of esters is 1. The van der Waals surface area contributed by atoms with Crippen LogP contribution in [0.5, 0.6) is 0 Å². The van der Waals surface area contributed by atoms with Crippen LogP contribution in [0.4, 0.5) is 0 Å². The van der Waals surface area contributed by atoms with Crippen molar-refractivity contribution < 1.29 is 29.3 Å². The average Bonchev–Trinajstić information content (AvgIpc) is 2.25. The lowest BCUT2D eigenvalue weighted by Crippen LogP contribution is -2.50. The van der Waals surface area contributed by atoms with Gasteiger partial charge in [-0.3, -0.25) is 0 Å². The maximum atomic E-state index is 11.3. The van der Waals surface area contributed by atoms with Crippen molar-refractivity contribution in [3.63, 3.8) is 0 Å². The van der Waals surface area contributed by atoms with Crippen LogP contribution in [-0.2, 0) is 19.1 Å². The van der Waals surface area contributed by atoms with E-state index in [0.717, 1.165) is 0 Å². The molecule has 1 rings (SSSR count). The maximum Gasteiger partial charge on any atom is 0.358 e. The van der Waals surface area contributed by atoms with Crippen LogP contribution in [0.15, 0.2) is 5.16 Å². The number of aliphatic hydroxyl groups is 2. The van der Waals surface area contributed by atoms with E-state index in [2.05, 4.69) is 9.89 Å². The van der Waals surface area contributed by atoms with Gasteiger partial charge in [0.25, 0.3) is 6.29 Å². The fraction of sp³-hybridized carbons (Fsp3) is 0.778. The highest BCUT2D eigenvalue weighted by Crippen LogP contribution is 2.15. The Morgan fingerprint density at radius 1 is 1.44 bits per heavy atom. The molecule has 0 saturated heterocycles. The van der Waals surface area contributed by atoms with Gasteiger partial charge in [0.1, 0.15) is 6.10 Å². The monoisotopic (exact) mass is 233 g/mol. The zero-order valence-electron chi connectivity index (χ0n) is 9.12. The lowest BCUT2D eigenvalue weighted by Gasteiger charge is -2.28. The number of hydrogen-bond donors (Lipinski definition) is 2. The van der Waals surface area contributed by atoms with Crippen molar-refractivity contribution in [1.82, 2.24) is 0 Å². The third-order valence-corrected chi connectivity index (χ3v) is 1.95. The lowest BCUT2D eigenvalue weighted by molar-refractivity contribution is -0.217. The SMILES string of the molecule is CCOC(=O)C1=NO[C@H](OCC)[C@@H](O)[C@H]1O. The van der Waals surface area contributed by atoms with Crippen LogP contribution < -0.4 is 0 Å². The van der Waals surface area contributed by atoms with E-state index in [4.69, 9.17) is 9.57 Å². The molecule has 0 fully saturated rings. The molecule has 92 valence electrons. The molecule has 1 heterocycles. The molecule has 0 amide bonds. The highest BCUT2D eigenvalue weighted by atomic mass is 16.8. The standard InChI is InChI=1S/C9H15NO6/c1-3-14-8(13)5-6(11)7(12)9(15-4-2)16-10-5/h6-7,9,11-12H,3-4H2,1-2H3/t6-,7-,9-/m0/s1. The predicted molar refractivity (Wildman–Crippen MR) is 52.6 cm³/mol. The third-order valence-electron chi connectivity index (χ3n) is 1.95. The van der Waals surface area contributed by atoms with Gasteiger partial charge in [-0.2, -0.15) is 0 Å². The number of aliphatic hydroxyl groups excluding tert-OH is 2. The first kappa shape index (κ1) is 12.9. The Balaban J connectivity index is 2.71. The number of ether oxygens (including phenoxy) is 2. The van der Waals surface area contributed by atoms with E-state index >= 15 is 0 Å². The fourth-order valence-electron chi connectivity index (χ4n) is 1.19.